The zero-order chi connectivity index (χ0) is 22.9. The van der Waals surface area contributed by atoms with Crippen LogP contribution in [0.15, 0.2) is 42.5 Å². The van der Waals surface area contributed by atoms with Crippen LogP contribution in [0.2, 0.25) is 0 Å². The van der Waals surface area contributed by atoms with Gasteiger partial charge in [0.05, 0.1) is 5.75 Å². The molecule has 0 bridgehead atoms. The lowest BCUT2D eigenvalue weighted by molar-refractivity contribution is 0.0951. The predicted molar refractivity (Wildman–Crippen MR) is 128 cm³/mol. The van der Waals surface area contributed by atoms with Gasteiger partial charge in [-0.25, -0.2) is 13.1 Å². The number of fused-ring (bicyclic) bond motifs is 3. The van der Waals surface area contributed by atoms with Gasteiger partial charge in [0, 0.05) is 34.7 Å². The van der Waals surface area contributed by atoms with E-state index < -0.39 is 10.0 Å². The van der Waals surface area contributed by atoms with Crippen LogP contribution in [0.1, 0.15) is 59.9 Å². The van der Waals surface area contributed by atoms with Crippen LogP contribution in [0.5, 0.6) is 0 Å². The van der Waals surface area contributed by atoms with E-state index in [4.69, 9.17) is 0 Å². The molecule has 1 aliphatic carbocycles. The minimum Gasteiger partial charge on any atom is -0.358 e. The second-order valence-corrected chi connectivity index (χ2v) is 10.9. The summed E-state index contributed by atoms with van der Waals surface area (Å²) in [5.74, 6) is 0.372. The highest BCUT2D eigenvalue weighted by Gasteiger charge is 2.21. The molecule has 32 heavy (non-hydrogen) atoms. The van der Waals surface area contributed by atoms with Crippen LogP contribution >= 0.6 is 0 Å². The van der Waals surface area contributed by atoms with Gasteiger partial charge in [0.25, 0.3) is 5.91 Å². The smallest absolute Gasteiger partial charge is 0.251 e. The SMILES string of the molecule is CC(C)NS(=O)(=O)Cc1ccccc1CNC(=O)c1ccc2[nH]c3c(c2c1)C[C@H](C)CC3. The van der Waals surface area contributed by atoms with Crippen molar-refractivity contribution in [3.05, 3.63) is 70.4 Å². The molecule has 1 amide bonds. The Morgan fingerprint density at radius 3 is 2.66 bits per heavy atom. The van der Waals surface area contributed by atoms with E-state index >= 15 is 0 Å². The molecule has 170 valence electrons. The lowest BCUT2D eigenvalue weighted by Crippen LogP contribution is -2.31. The number of nitrogens with one attached hydrogen (secondary N) is 3. The molecule has 3 N–H and O–H groups in total. The fourth-order valence-electron chi connectivity index (χ4n) is 4.49. The normalized spacial score (nSPS) is 16.3. The van der Waals surface area contributed by atoms with Crippen molar-refractivity contribution in [3.63, 3.8) is 0 Å². The van der Waals surface area contributed by atoms with Gasteiger partial charge in [0.15, 0.2) is 0 Å². The van der Waals surface area contributed by atoms with Crippen LogP contribution in [0.25, 0.3) is 10.9 Å². The number of aryl methyl sites for hydroxylation is 1. The monoisotopic (exact) mass is 453 g/mol. The molecule has 2 aromatic carbocycles. The van der Waals surface area contributed by atoms with Crippen LogP contribution < -0.4 is 10.0 Å². The number of carbonyl (C=O) groups excluding carboxylic acids is 1. The van der Waals surface area contributed by atoms with Crippen molar-refractivity contribution < 1.29 is 13.2 Å². The summed E-state index contributed by atoms with van der Waals surface area (Å²) in [6.07, 6.45) is 3.28. The van der Waals surface area contributed by atoms with Crippen molar-refractivity contribution in [1.29, 1.82) is 0 Å². The number of aromatic amines is 1. The molecule has 0 aliphatic heterocycles. The van der Waals surface area contributed by atoms with Crippen molar-refractivity contribution in [1.82, 2.24) is 15.0 Å². The summed E-state index contributed by atoms with van der Waals surface area (Å²) >= 11 is 0. The number of carbonyl (C=O) groups is 1. The molecular formula is C25H31N3O3S. The van der Waals surface area contributed by atoms with Crippen molar-refractivity contribution in [2.75, 3.05) is 0 Å². The topological polar surface area (TPSA) is 91.1 Å². The molecule has 1 heterocycles. The number of rotatable bonds is 7. The minimum absolute atomic E-state index is 0.114. The predicted octanol–water partition coefficient (Wildman–Crippen LogP) is 4.05. The number of benzene rings is 2. The number of sulfonamides is 1. The van der Waals surface area contributed by atoms with E-state index in [9.17, 15) is 13.2 Å². The van der Waals surface area contributed by atoms with Crippen LogP contribution in [-0.4, -0.2) is 25.4 Å². The largest absolute Gasteiger partial charge is 0.358 e. The quantitative estimate of drug-likeness (QED) is 0.504. The van der Waals surface area contributed by atoms with E-state index in [0.717, 1.165) is 29.3 Å². The van der Waals surface area contributed by atoms with Crippen molar-refractivity contribution in [2.45, 2.75) is 58.4 Å². The van der Waals surface area contributed by atoms with E-state index in [-0.39, 0.29) is 24.2 Å². The minimum atomic E-state index is -3.44. The highest BCUT2D eigenvalue weighted by Crippen LogP contribution is 2.32. The van der Waals surface area contributed by atoms with Crippen LogP contribution in [0.3, 0.4) is 0 Å². The standard InChI is InChI=1S/C25H31N3O3S/c1-16(2)28-32(30,31)15-20-7-5-4-6-19(20)14-26-25(29)18-9-11-24-22(13-18)21-12-17(3)8-10-23(21)27-24/h4-7,9,11,13,16-17,27-28H,8,10,12,14-15H2,1-3H3,(H,26,29)/t17-/m1/s1. The average molecular weight is 454 g/mol. The summed E-state index contributed by atoms with van der Waals surface area (Å²) in [4.78, 5) is 16.4. The van der Waals surface area contributed by atoms with Crippen molar-refractivity contribution in [2.24, 2.45) is 5.92 Å². The third-order valence-electron chi connectivity index (χ3n) is 6.01. The molecular weight excluding hydrogens is 422 g/mol. The van der Waals surface area contributed by atoms with Gasteiger partial charge in [-0.1, -0.05) is 31.2 Å². The van der Waals surface area contributed by atoms with Crippen LogP contribution in [-0.2, 0) is 35.2 Å². The molecule has 3 aromatic rings. The fraction of sp³-hybridized carbons (Fsp3) is 0.400. The lowest BCUT2D eigenvalue weighted by Gasteiger charge is -2.18. The molecule has 6 nitrogen and oxygen atoms in total. The molecule has 0 spiro atoms. The maximum absolute atomic E-state index is 12.9. The van der Waals surface area contributed by atoms with Crippen LogP contribution in [0, 0.1) is 5.92 Å². The Labute approximate surface area is 189 Å². The molecule has 1 atom stereocenters. The molecule has 0 saturated carbocycles. The summed E-state index contributed by atoms with van der Waals surface area (Å²) < 4.78 is 27.3. The van der Waals surface area contributed by atoms with Gasteiger partial charge >= 0.3 is 0 Å². The summed E-state index contributed by atoms with van der Waals surface area (Å²) in [7, 11) is -3.44. The van der Waals surface area contributed by atoms with Gasteiger partial charge in [-0.3, -0.25) is 4.79 Å². The van der Waals surface area contributed by atoms with Crippen molar-refractivity contribution in [3.8, 4) is 0 Å². The maximum atomic E-state index is 12.9. The molecule has 1 aromatic heterocycles. The third-order valence-corrected chi connectivity index (χ3v) is 7.54. The first kappa shape index (κ1) is 22.6. The Morgan fingerprint density at radius 2 is 1.91 bits per heavy atom. The number of amides is 1. The highest BCUT2D eigenvalue weighted by molar-refractivity contribution is 7.88. The third kappa shape index (κ3) is 5.05. The number of H-pyrrole nitrogens is 1. The van der Waals surface area contributed by atoms with E-state index in [1.807, 2.05) is 36.4 Å². The average Bonchev–Trinajstić information content (AvgIpc) is 3.08. The first-order chi connectivity index (χ1) is 15.2. The van der Waals surface area contributed by atoms with Crippen molar-refractivity contribution >= 4 is 26.8 Å². The van der Waals surface area contributed by atoms with Gasteiger partial charge in [0.1, 0.15) is 0 Å². The number of aromatic nitrogens is 1. The second kappa shape index (κ2) is 9.08. The first-order valence-corrected chi connectivity index (χ1v) is 12.9. The fourth-order valence-corrected chi connectivity index (χ4v) is 5.98. The molecule has 0 fully saturated rings. The Hall–Kier alpha value is -2.64. The number of hydrogen-bond acceptors (Lipinski definition) is 3. The Morgan fingerprint density at radius 1 is 1.16 bits per heavy atom. The molecule has 0 unspecified atom stereocenters. The highest BCUT2D eigenvalue weighted by atomic mass is 32.2. The second-order valence-electron chi connectivity index (χ2n) is 9.17. The molecule has 0 radical (unpaired) electrons. The maximum Gasteiger partial charge on any atom is 0.251 e. The van der Waals surface area contributed by atoms with Gasteiger partial charge in [-0.2, -0.15) is 0 Å². The van der Waals surface area contributed by atoms with Gasteiger partial charge in [-0.15, -0.1) is 0 Å². The Bertz CT molecular complexity index is 1240. The Balaban J connectivity index is 1.50. The zero-order valence-corrected chi connectivity index (χ0v) is 19.7. The van der Waals surface area contributed by atoms with E-state index in [1.54, 1.807) is 19.9 Å². The summed E-state index contributed by atoms with van der Waals surface area (Å²) in [6, 6.07) is 12.9. The summed E-state index contributed by atoms with van der Waals surface area (Å²) in [6.45, 7) is 6.13. The van der Waals surface area contributed by atoms with Crippen LogP contribution in [0.4, 0.5) is 0 Å². The summed E-state index contributed by atoms with van der Waals surface area (Å²) in [5.41, 5.74) is 5.80. The first-order valence-electron chi connectivity index (χ1n) is 11.2. The lowest BCUT2D eigenvalue weighted by atomic mass is 9.87. The Kier molecular flexibility index (Phi) is 6.40. The van der Waals surface area contributed by atoms with E-state index in [0.29, 0.717) is 17.0 Å². The van der Waals surface area contributed by atoms with Gasteiger partial charge < -0.3 is 10.3 Å². The van der Waals surface area contributed by atoms with Gasteiger partial charge in [0.2, 0.25) is 10.0 Å². The molecule has 7 heteroatoms. The summed E-state index contributed by atoms with van der Waals surface area (Å²) in [5, 5.41) is 4.09. The number of hydrogen-bond donors (Lipinski definition) is 3. The van der Waals surface area contributed by atoms with E-state index in [1.165, 1.54) is 17.7 Å². The zero-order valence-electron chi connectivity index (χ0n) is 18.9. The molecule has 0 saturated heterocycles. The van der Waals surface area contributed by atoms with E-state index in [2.05, 4.69) is 21.9 Å². The molecule has 4 rings (SSSR count). The molecule has 1 aliphatic rings. The van der Waals surface area contributed by atoms with Gasteiger partial charge in [-0.05, 0) is 73.9 Å².